The smallest absolute Gasteiger partial charge is 0.328 e. The molecular formula is C25H28FNO5. The van der Waals surface area contributed by atoms with Gasteiger partial charge in [-0.3, -0.25) is 0 Å². The van der Waals surface area contributed by atoms with Crippen LogP contribution in [-0.4, -0.2) is 52.8 Å². The van der Waals surface area contributed by atoms with E-state index in [2.05, 4.69) is 35.2 Å². The quantitative estimate of drug-likeness (QED) is 0.627. The van der Waals surface area contributed by atoms with Crippen molar-refractivity contribution >= 4 is 11.9 Å². The number of halogens is 1. The number of carboxylic acid groups (broad SMARTS) is 2. The molecule has 2 aromatic rings. The van der Waals surface area contributed by atoms with Crippen molar-refractivity contribution < 1.29 is 28.9 Å². The van der Waals surface area contributed by atoms with Crippen LogP contribution in [0.1, 0.15) is 30.7 Å². The Hall–Kier alpha value is -3.19. The van der Waals surface area contributed by atoms with Crippen LogP contribution in [0.4, 0.5) is 4.39 Å². The molecule has 1 aliphatic heterocycles. The van der Waals surface area contributed by atoms with Crippen molar-refractivity contribution in [1.29, 1.82) is 0 Å². The lowest BCUT2D eigenvalue weighted by Gasteiger charge is -2.39. The Morgan fingerprint density at radius 3 is 2.16 bits per heavy atom. The summed E-state index contributed by atoms with van der Waals surface area (Å²) in [4.78, 5) is 21.7. The summed E-state index contributed by atoms with van der Waals surface area (Å²) in [5, 5.41) is 15.6. The standard InChI is InChI=1S/C21H24FNO.C4H4O4/c22-18-8-10-19(11-9-18)24-21-12-13-23(14-16-6-7-16)15-20(21)17-4-2-1-3-5-17;5-3(6)1-2-4(7)8/h1-5,8-11,16,20-21H,6-7,12-15H2;1-2H,(H,5,6)(H,7,8)/b;2-1+/t20-,21+;/m0./s1. The average Bonchev–Trinajstić information content (AvgIpc) is 3.60. The minimum absolute atomic E-state index is 0.147. The van der Waals surface area contributed by atoms with Crippen molar-refractivity contribution in [2.75, 3.05) is 19.6 Å². The third-order valence-corrected chi connectivity index (χ3v) is 5.54. The fourth-order valence-electron chi connectivity index (χ4n) is 3.82. The normalized spacial score (nSPS) is 20.9. The number of aliphatic carboxylic acids is 2. The zero-order chi connectivity index (χ0) is 22.9. The van der Waals surface area contributed by atoms with Crippen LogP contribution in [0.5, 0.6) is 5.75 Å². The minimum atomic E-state index is -1.26. The molecule has 32 heavy (non-hydrogen) atoms. The fraction of sp³-hybridized carbons (Fsp3) is 0.360. The summed E-state index contributed by atoms with van der Waals surface area (Å²) in [6.07, 6.45) is 5.06. The predicted octanol–water partition coefficient (Wildman–Crippen LogP) is 4.18. The lowest BCUT2D eigenvalue weighted by Crippen LogP contribution is -2.44. The van der Waals surface area contributed by atoms with Gasteiger partial charge in [-0.2, -0.15) is 0 Å². The van der Waals surface area contributed by atoms with Crippen LogP contribution in [0.2, 0.25) is 0 Å². The van der Waals surface area contributed by atoms with Gasteiger partial charge >= 0.3 is 11.9 Å². The van der Waals surface area contributed by atoms with Gasteiger partial charge < -0.3 is 19.8 Å². The zero-order valence-corrected chi connectivity index (χ0v) is 17.8. The number of hydrogen-bond donors (Lipinski definition) is 2. The number of benzene rings is 2. The fourth-order valence-corrected chi connectivity index (χ4v) is 3.82. The summed E-state index contributed by atoms with van der Waals surface area (Å²) >= 11 is 0. The molecular weight excluding hydrogens is 413 g/mol. The van der Waals surface area contributed by atoms with Crippen LogP contribution >= 0.6 is 0 Å². The Morgan fingerprint density at radius 2 is 1.59 bits per heavy atom. The van der Waals surface area contributed by atoms with Crippen molar-refractivity contribution in [2.24, 2.45) is 5.92 Å². The van der Waals surface area contributed by atoms with Gasteiger partial charge in [-0.1, -0.05) is 30.3 Å². The number of likely N-dealkylation sites (tertiary alicyclic amines) is 1. The van der Waals surface area contributed by atoms with Crippen LogP contribution in [0.15, 0.2) is 66.7 Å². The zero-order valence-electron chi connectivity index (χ0n) is 17.8. The molecule has 2 atom stereocenters. The number of nitrogens with zero attached hydrogens (tertiary/aromatic N) is 1. The van der Waals surface area contributed by atoms with E-state index < -0.39 is 11.9 Å². The van der Waals surface area contributed by atoms with Crippen molar-refractivity contribution in [3.05, 3.63) is 78.1 Å². The van der Waals surface area contributed by atoms with Gasteiger partial charge in [0.25, 0.3) is 0 Å². The van der Waals surface area contributed by atoms with E-state index in [1.807, 2.05) is 0 Å². The molecule has 7 heteroatoms. The molecule has 0 spiro atoms. The van der Waals surface area contributed by atoms with E-state index in [1.54, 1.807) is 12.1 Å². The first-order valence-corrected chi connectivity index (χ1v) is 10.7. The van der Waals surface area contributed by atoms with Gasteiger partial charge in [0, 0.05) is 37.7 Å². The first kappa shape index (κ1) is 23.5. The third-order valence-electron chi connectivity index (χ3n) is 5.54. The van der Waals surface area contributed by atoms with E-state index in [-0.39, 0.29) is 11.9 Å². The summed E-state index contributed by atoms with van der Waals surface area (Å²) in [6.45, 7) is 3.37. The highest BCUT2D eigenvalue weighted by molar-refractivity contribution is 5.89. The number of carbonyl (C=O) groups is 2. The molecule has 0 radical (unpaired) electrons. The molecule has 2 fully saturated rings. The average molecular weight is 441 g/mol. The number of piperidine rings is 1. The summed E-state index contributed by atoms with van der Waals surface area (Å²) < 4.78 is 19.4. The van der Waals surface area contributed by atoms with Crippen LogP contribution in [0.25, 0.3) is 0 Å². The second-order valence-corrected chi connectivity index (χ2v) is 8.13. The Morgan fingerprint density at radius 1 is 0.969 bits per heavy atom. The first-order valence-electron chi connectivity index (χ1n) is 10.7. The Labute approximate surface area is 186 Å². The van der Waals surface area contributed by atoms with Gasteiger partial charge in [0.1, 0.15) is 17.7 Å². The number of ether oxygens (including phenoxy) is 1. The first-order chi connectivity index (χ1) is 15.4. The lowest BCUT2D eigenvalue weighted by atomic mass is 9.87. The van der Waals surface area contributed by atoms with Crippen LogP contribution in [0.3, 0.4) is 0 Å². The molecule has 2 N–H and O–H groups in total. The largest absolute Gasteiger partial charge is 0.490 e. The monoisotopic (exact) mass is 441 g/mol. The Balaban J connectivity index is 0.000000312. The molecule has 1 heterocycles. The summed E-state index contributed by atoms with van der Waals surface area (Å²) in [5.74, 6) is -0.696. The van der Waals surface area contributed by atoms with Gasteiger partial charge in [0.15, 0.2) is 0 Å². The van der Waals surface area contributed by atoms with E-state index in [4.69, 9.17) is 14.9 Å². The number of carboxylic acids is 2. The molecule has 0 bridgehead atoms. The second kappa shape index (κ2) is 11.4. The highest BCUT2D eigenvalue weighted by atomic mass is 19.1. The highest BCUT2D eigenvalue weighted by Crippen LogP contribution is 2.35. The van der Waals surface area contributed by atoms with E-state index in [9.17, 15) is 14.0 Å². The van der Waals surface area contributed by atoms with Crippen molar-refractivity contribution in [3.63, 3.8) is 0 Å². The molecule has 0 aromatic heterocycles. The molecule has 6 nitrogen and oxygen atoms in total. The van der Waals surface area contributed by atoms with Crippen molar-refractivity contribution in [1.82, 2.24) is 4.90 Å². The van der Waals surface area contributed by atoms with E-state index in [0.29, 0.717) is 18.1 Å². The molecule has 170 valence electrons. The third kappa shape index (κ3) is 7.81. The topological polar surface area (TPSA) is 87.1 Å². The highest BCUT2D eigenvalue weighted by Gasteiger charge is 2.34. The van der Waals surface area contributed by atoms with E-state index in [0.717, 1.165) is 31.2 Å². The lowest BCUT2D eigenvalue weighted by molar-refractivity contribution is -0.134. The summed E-state index contributed by atoms with van der Waals surface area (Å²) in [6, 6.07) is 17.1. The molecule has 4 rings (SSSR count). The maximum absolute atomic E-state index is 13.1. The van der Waals surface area contributed by atoms with Gasteiger partial charge in [-0.25, -0.2) is 14.0 Å². The van der Waals surface area contributed by atoms with Gasteiger partial charge in [-0.05, 0) is 55.0 Å². The summed E-state index contributed by atoms with van der Waals surface area (Å²) in [5.41, 5.74) is 1.34. The second-order valence-electron chi connectivity index (χ2n) is 8.13. The van der Waals surface area contributed by atoms with Crippen LogP contribution in [0, 0.1) is 11.7 Å². The molecule has 1 aliphatic carbocycles. The molecule has 0 unspecified atom stereocenters. The predicted molar refractivity (Wildman–Crippen MR) is 118 cm³/mol. The van der Waals surface area contributed by atoms with E-state index in [1.165, 1.54) is 37.1 Å². The van der Waals surface area contributed by atoms with E-state index >= 15 is 0 Å². The Bertz CT molecular complexity index is 896. The minimum Gasteiger partial charge on any atom is -0.490 e. The number of hydrogen-bond acceptors (Lipinski definition) is 4. The maximum atomic E-state index is 13.1. The van der Waals surface area contributed by atoms with Crippen LogP contribution in [-0.2, 0) is 9.59 Å². The molecule has 1 saturated carbocycles. The molecule has 2 aliphatic rings. The number of rotatable bonds is 7. The molecule has 0 amide bonds. The maximum Gasteiger partial charge on any atom is 0.328 e. The van der Waals surface area contributed by atoms with Crippen molar-refractivity contribution in [3.8, 4) is 5.75 Å². The Kier molecular flexibility index (Phi) is 8.39. The van der Waals surface area contributed by atoms with Gasteiger partial charge in [0.2, 0.25) is 0 Å². The van der Waals surface area contributed by atoms with Gasteiger partial charge in [0.05, 0.1) is 0 Å². The van der Waals surface area contributed by atoms with Gasteiger partial charge in [-0.15, -0.1) is 0 Å². The van der Waals surface area contributed by atoms with Crippen molar-refractivity contribution in [2.45, 2.75) is 31.3 Å². The molecule has 2 aromatic carbocycles. The van der Waals surface area contributed by atoms with Crippen LogP contribution < -0.4 is 4.74 Å². The summed E-state index contributed by atoms with van der Waals surface area (Å²) in [7, 11) is 0. The SMILES string of the molecule is Fc1ccc(O[C@@H]2CCN(CC3CC3)C[C@H]2c2ccccc2)cc1.O=C(O)/C=C/C(=O)O. The molecule has 1 saturated heterocycles.